The molecule has 1 rings (SSSR count). The molecule has 0 fully saturated rings. The molecular weight excluding hydrogens is 163 g/mol. The molecule has 0 saturated heterocycles. The summed E-state index contributed by atoms with van der Waals surface area (Å²) in [6.07, 6.45) is 4.73. The Balaban J connectivity index is 0. The van der Waals surface area contributed by atoms with Gasteiger partial charge >= 0.3 is 18.9 Å². The molecule has 1 heteroatoms. The van der Waals surface area contributed by atoms with Gasteiger partial charge in [-0.1, -0.05) is 63.6 Å². The molecule has 1 unspecified atom stereocenters. The summed E-state index contributed by atoms with van der Waals surface area (Å²) in [5, 5.41) is 0. The zero-order chi connectivity index (χ0) is 8.81. The van der Waals surface area contributed by atoms with Crippen molar-refractivity contribution in [2.45, 2.75) is 34.1 Å². The van der Waals surface area contributed by atoms with Crippen molar-refractivity contribution in [3.8, 4) is 0 Å². The van der Waals surface area contributed by atoms with E-state index in [1.165, 1.54) is 12.0 Å². The van der Waals surface area contributed by atoms with Gasteiger partial charge in [0.2, 0.25) is 0 Å². The van der Waals surface area contributed by atoms with Gasteiger partial charge < -0.3 is 6.42 Å². The first-order chi connectivity index (χ1) is 5.83. The van der Waals surface area contributed by atoms with Gasteiger partial charge in [0.1, 0.15) is 0 Å². The molecule has 1 aromatic rings. The van der Waals surface area contributed by atoms with Crippen LogP contribution in [0, 0.1) is 12.3 Å². The normalized spacial score (nSPS) is 11.0. The van der Waals surface area contributed by atoms with E-state index in [0.717, 1.165) is 12.3 Å². The molecule has 0 saturated carbocycles. The maximum Gasteiger partial charge on any atom is 1.00 e. The predicted molar refractivity (Wildman–Crippen MR) is 60.6 cm³/mol. The van der Waals surface area contributed by atoms with E-state index in [1.807, 2.05) is 0 Å². The van der Waals surface area contributed by atoms with Crippen molar-refractivity contribution in [2.75, 3.05) is 0 Å². The number of benzene rings is 1. The fourth-order valence-electron chi connectivity index (χ4n) is 1.12. The molecule has 0 bridgehead atoms. The van der Waals surface area contributed by atoms with Gasteiger partial charge in [-0.3, -0.25) is 0 Å². The standard InChI is InChI=1S/C12H17.CH4.Li/c1-3-11(2)9-10-12-7-5-4-6-8-12;;/h4-9,11H,3,10H2,1-2H3;1H4;/q-1;;+1. The Morgan fingerprint density at radius 2 is 1.79 bits per heavy atom. The van der Waals surface area contributed by atoms with Crippen molar-refractivity contribution < 1.29 is 18.9 Å². The summed E-state index contributed by atoms with van der Waals surface area (Å²) in [5.74, 6) is 0.741. The third-order valence-corrected chi connectivity index (χ3v) is 2.24. The molecule has 0 nitrogen and oxygen atoms in total. The Hall–Kier alpha value is -0.183. The van der Waals surface area contributed by atoms with Gasteiger partial charge in [0.05, 0.1) is 0 Å². The van der Waals surface area contributed by atoms with Crippen molar-refractivity contribution in [1.29, 1.82) is 0 Å². The van der Waals surface area contributed by atoms with Gasteiger partial charge in [0.15, 0.2) is 0 Å². The van der Waals surface area contributed by atoms with Crippen LogP contribution in [0.5, 0.6) is 0 Å². The van der Waals surface area contributed by atoms with Crippen molar-refractivity contribution in [3.05, 3.63) is 42.3 Å². The Kier molecular flexibility index (Phi) is 10.9. The second kappa shape index (κ2) is 9.38. The Labute approximate surface area is 101 Å². The largest absolute Gasteiger partial charge is 1.00 e. The third-order valence-electron chi connectivity index (χ3n) is 2.24. The summed E-state index contributed by atoms with van der Waals surface area (Å²) < 4.78 is 0. The minimum atomic E-state index is 0. The smallest absolute Gasteiger partial charge is 0.321 e. The van der Waals surface area contributed by atoms with E-state index in [4.69, 9.17) is 0 Å². The molecular formula is C13H21Li. The van der Waals surface area contributed by atoms with Crippen molar-refractivity contribution in [3.63, 3.8) is 0 Å². The SMILES string of the molecule is C.CCC(C)[CH-]Cc1ccccc1.[Li+]. The molecule has 0 aliphatic rings. The van der Waals surface area contributed by atoms with Crippen LogP contribution < -0.4 is 18.9 Å². The summed E-state index contributed by atoms with van der Waals surface area (Å²) in [6.45, 7) is 4.50. The van der Waals surface area contributed by atoms with E-state index >= 15 is 0 Å². The number of hydrogen-bond donors (Lipinski definition) is 0. The molecule has 0 radical (unpaired) electrons. The molecule has 0 aromatic heterocycles. The molecule has 1 aromatic carbocycles. The van der Waals surface area contributed by atoms with E-state index in [1.54, 1.807) is 0 Å². The molecule has 0 heterocycles. The summed E-state index contributed by atoms with van der Waals surface area (Å²) >= 11 is 0. The van der Waals surface area contributed by atoms with E-state index in [0.29, 0.717) is 0 Å². The van der Waals surface area contributed by atoms with Crippen LogP contribution in [0.25, 0.3) is 0 Å². The molecule has 0 aliphatic carbocycles. The first-order valence-electron chi connectivity index (χ1n) is 4.70. The second-order valence-corrected chi connectivity index (χ2v) is 3.31. The Bertz CT molecular complexity index is 206. The second-order valence-electron chi connectivity index (χ2n) is 3.31. The van der Waals surface area contributed by atoms with Gasteiger partial charge in [-0.15, -0.1) is 0 Å². The van der Waals surface area contributed by atoms with Crippen LogP contribution in [0.2, 0.25) is 0 Å². The van der Waals surface area contributed by atoms with Gasteiger partial charge in [-0.25, -0.2) is 0 Å². The van der Waals surface area contributed by atoms with E-state index in [2.05, 4.69) is 50.6 Å². The van der Waals surface area contributed by atoms with Crippen molar-refractivity contribution in [2.24, 2.45) is 5.92 Å². The fourth-order valence-corrected chi connectivity index (χ4v) is 1.12. The fraction of sp³-hybridized carbons (Fsp3) is 0.462. The Morgan fingerprint density at radius 3 is 2.29 bits per heavy atom. The summed E-state index contributed by atoms with van der Waals surface area (Å²) in [7, 11) is 0. The molecule has 0 aliphatic heterocycles. The van der Waals surface area contributed by atoms with Gasteiger partial charge in [0, 0.05) is 0 Å². The van der Waals surface area contributed by atoms with Crippen LogP contribution >= 0.6 is 0 Å². The zero-order valence-electron chi connectivity index (χ0n) is 8.96. The first-order valence-corrected chi connectivity index (χ1v) is 4.70. The van der Waals surface area contributed by atoms with Gasteiger partial charge in [-0.2, -0.15) is 12.3 Å². The quantitative estimate of drug-likeness (QED) is 0.486. The van der Waals surface area contributed by atoms with Crippen molar-refractivity contribution >= 4 is 0 Å². The maximum absolute atomic E-state index is 2.38. The van der Waals surface area contributed by atoms with E-state index < -0.39 is 0 Å². The van der Waals surface area contributed by atoms with Gasteiger partial charge in [-0.05, 0) is 0 Å². The average molecular weight is 184 g/mol. The number of hydrogen-bond acceptors (Lipinski definition) is 0. The molecule has 0 amide bonds. The minimum Gasteiger partial charge on any atom is -0.321 e. The molecule has 1 atom stereocenters. The monoisotopic (exact) mass is 184 g/mol. The van der Waals surface area contributed by atoms with Gasteiger partial charge in [0.25, 0.3) is 0 Å². The van der Waals surface area contributed by atoms with E-state index in [9.17, 15) is 0 Å². The first kappa shape index (κ1) is 16.3. The summed E-state index contributed by atoms with van der Waals surface area (Å²) in [5.41, 5.74) is 1.41. The van der Waals surface area contributed by atoms with Crippen LogP contribution in [0.15, 0.2) is 30.3 Å². The van der Waals surface area contributed by atoms with Crippen LogP contribution in [-0.4, -0.2) is 0 Å². The molecule has 0 N–H and O–H groups in total. The van der Waals surface area contributed by atoms with Crippen LogP contribution in [-0.2, 0) is 6.42 Å². The van der Waals surface area contributed by atoms with Crippen LogP contribution in [0.4, 0.5) is 0 Å². The maximum atomic E-state index is 2.38. The summed E-state index contributed by atoms with van der Waals surface area (Å²) in [4.78, 5) is 0. The zero-order valence-corrected chi connectivity index (χ0v) is 8.96. The average Bonchev–Trinajstić information content (AvgIpc) is 2.16. The number of rotatable bonds is 4. The van der Waals surface area contributed by atoms with Crippen LogP contribution in [0.3, 0.4) is 0 Å². The summed E-state index contributed by atoms with van der Waals surface area (Å²) in [6, 6.07) is 10.6. The van der Waals surface area contributed by atoms with Crippen molar-refractivity contribution in [1.82, 2.24) is 0 Å². The molecule has 0 spiro atoms. The molecule has 74 valence electrons. The predicted octanol–water partition coefficient (Wildman–Crippen LogP) is 1.12. The van der Waals surface area contributed by atoms with Crippen LogP contribution in [0.1, 0.15) is 33.3 Å². The Morgan fingerprint density at radius 1 is 1.21 bits per heavy atom. The molecule has 14 heavy (non-hydrogen) atoms. The van der Waals surface area contributed by atoms with E-state index in [-0.39, 0.29) is 26.3 Å². The topological polar surface area (TPSA) is 0 Å². The minimum absolute atomic E-state index is 0. The third kappa shape index (κ3) is 6.30.